The monoisotopic (exact) mass is 366 g/mol. The number of carboxylic acid groups (broad SMARTS) is 1. The maximum Gasteiger partial charge on any atom is 0.306 e. The topological polar surface area (TPSA) is 79.7 Å². The van der Waals surface area contributed by atoms with Crippen molar-refractivity contribution in [1.82, 2.24) is 9.88 Å². The number of aromatic nitrogens is 1. The maximum absolute atomic E-state index is 12.6. The Bertz CT molecular complexity index is 764. The number of halogens is 1. The standard InChI is InChI=1S/C16H15ClN2O4S/c17-12-4-2-1-3-11(12)15-18-13(9-24-15)16(22)19-5-6-23-10(8-19)7-14(20)21/h1-4,9-10H,5-8H2,(H,20,21). The van der Waals surface area contributed by atoms with Gasteiger partial charge in [0.1, 0.15) is 10.7 Å². The molecule has 1 aromatic carbocycles. The highest BCUT2D eigenvalue weighted by Crippen LogP contribution is 2.30. The number of benzene rings is 1. The van der Waals surface area contributed by atoms with Crippen molar-refractivity contribution in [1.29, 1.82) is 0 Å². The summed E-state index contributed by atoms with van der Waals surface area (Å²) in [6, 6.07) is 7.33. The molecule has 3 rings (SSSR count). The second kappa shape index (κ2) is 7.29. The number of thiazole rings is 1. The number of carboxylic acids is 1. The molecule has 0 spiro atoms. The molecule has 1 saturated heterocycles. The van der Waals surface area contributed by atoms with Crippen LogP contribution in [0.4, 0.5) is 0 Å². The molecule has 1 atom stereocenters. The zero-order chi connectivity index (χ0) is 17.1. The summed E-state index contributed by atoms with van der Waals surface area (Å²) < 4.78 is 5.39. The van der Waals surface area contributed by atoms with Crippen LogP contribution in [-0.4, -0.2) is 52.7 Å². The van der Waals surface area contributed by atoms with Crippen molar-refractivity contribution in [3.63, 3.8) is 0 Å². The Kier molecular flexibility index (Phi) is 5.13. The van der Waals surface area contributed by atoms with Gasteiger partial charge in [0.2, 0.25) is 0 Å². The van der Waals surface area contributed by atoms with Gasteiger partial charge in [-0.3, -0.25) is 9.59 Å². The quantitative estimate of drug-likeness (QED) is 0.900. The lowest BCUT2D eigenvalue weighted by molar-refractivity contribution is -0.141. The van der Waals surface area contributed by atoms with Crippen LogP contribution in [0.2, 0.25) is 5.02 Å². The molecule has 8 heteroatoms. The minimum atomic E-state index is -0.941. The minimum Gasteiger partial charge on any atom is -0.481 e. The fourth-order valence-electron chi connectivity index (χ4n) is 2.51. The van der Waals surface area contributed by atoms with Crippen molar-refractivity contribution >= 4 is 34.8 Å². The molecule has 6 nitrogen and oxygen atoms in total. The number of rotatable bonds is 4. The van der Waals surface area contributed by atoms with E-state index >= 15 is 0 Å². The van der Waals surface area contributed by atoms with Crippen LogP contribution in [0, 0.1) is 0 Å². The number of amides is 1. The average molecular weight is 367 g/mol. The van der Waals surface area contributed by atoms with Crippen molar-refractivity contribution in [2.24, 2.45) is 0 Å². The van der Waals surface area contributed by atoms with Gasteiger partial charge in [0.05, 0.1) is 24.2 Å². The van der Waals surface area contributed by atoms with Gasteiger partial charge in [-0.25, -0.2) is 4.98 Å². The van der Waals surface area contributed by atoms with Crippen LogP contribution in [0.1, 0.15) is 16.9 Å². The summed E-state index contributed by atoms with van der Waals surface area (Å²) in [6.45, 7) is 1.00. The SMILES string of the molecule is O=C(O)CC1CN(C(=O)c2csc(-c3ccccc3Cl)n2)CCO1. The van der Waals surface area contributed by atoms with E-state index in [4.69, 9.17) is 21.4 Å². The van der Waals surface area contributed by atoms with Crippen LogP contribution < -0.4 is 0 Å². The first-order valence-corrected chi connectivity index (χ1v) is 8.63. The fourth-order valence-corrected chi connectivity index (χ4v) is 3.63. The Balaban J connectivity index is 1.74. The first kappa shape index (κ1) is 16.9. The molecule has 0 saturated carbocycles. The summed E-state index contributed by atoms with van der Waals surface area (Å²) in [6.07, 6.45) is -0.604. The molecule has 1 aliphatic heterocycles. The highest BCUT2D eigenvalue weighted by Gasteiger charge is 2.28. The van der Waals surface area contributed by atoms with Gasteiger partial charge in [-0.1, -0.05) is 29.8 Å². The van der Waals surface area contributed by atoms with E-state index in [0.717, 1.165) is 5.56 Å². The predicted octanol–water partition coefficient (Wildman–Crippen LogP) is 2.78. The van der Waals surface area contributed by atoms with E-state index in [1.54, 1.807) is 16.3 Å². The molecule has 1 aliphatic rings. The summed E-state index contributed by atoms with van der Waals surface area (Å²) in [5, 5.41) is 11.8. The van der Waals surface area contributed by atoms with Crippen LogP contribution in [-0.2, 0) is 9.53 Å². The predicted molar refractivity (Wildman–Crippen MR) is 90.5 cm³/mol. The van der Waals surface area contributed by atoms with Gasteiger partial charge in [0.15, 0.2) is 0 Å². The highest BCUT2D eigenvalue weighted by atomic mass is 35.5. The lowest BCUT2D eigenvalue weighted by Gasteiger charge is -2.31. The first-order valence-electron chi connectivity index (χ1n) is 7.37. The fraction of sp³-hybridized carbons (Fsp3) is 0.312. The zero-order valence-electron chi connectivity index (χ0n) is 12.6. The summed E-state index contributed by atoms with van der Waals surface area (Å²) >= 11 is 7.52. The van der Waals surface area contributed by atoms with Crippen LogP contribution in [0.3, 0.4) is 0 Å². The molecule has 24 heavy (non-hydrogen) atoms. The summed E-state index contributed by atoms with van der Waals surface area (Å²) in [5.74, 6) is -1.16. The normalized spacial score (nSPS) is 17.7. The third kappa shape index (κ3) is 3.75. The van der Waals surface area contributed by atoms with Gasteiger partial charge < -0.3 is 14.7 Å². The molecule has 0 bridgehead atoms. The maximum atomic E-state index is 12.6. The Labute approximate surface area is 147 Å². The first-order chi connectivity index (χ1) is 11.5. The smallest absolute Gasteiger partial charge is 0.306 e. The van der Waals surface area contributed by atoms with Crippen molar-refractivity contribution in [3.05, 3.63) is 40.4 Å². The number of nitrogens with zero attached hydrogens (tertiary/aromatic N) is 2. The Morgan fingerprint density at radius 1 is 1.42 bits per heavy atom. The number of carbonyl (C=O) groups is 2. The van der Waals surface area contributed by atoms with Crippen LogP contribution in [0.25, 0.3) is 10.6 Å². The molecular weight excluding hydrogens is 352 g/mol. The Morgan fingerprint density at radius 2 is 2.21 bits per heavy atom. The van der Waals surface area contributed by atoms with Gasteiger partial charge >= 0.3 is 5.97 Å². The minimum absolute atomic E-state index is 0.119. The van der Waals surface area contributed by atoms with Gasteiger partial charge in [-0.2, -0.15) is 0 Å². The number of hydrogen-bond acceptors (Lipinski definition) is 5. The number of hydrogen-bond donors (Lipinski definition) is 1. The number of morpholine rings is 1. The van der Waals surface area contributed by atoms with Crippen LogP contribution in [0.5, 0.6) is 0 Å². The van der Waals surface area contributed by atoms with E-state index in [9.17, 15) is 9.59 Å². The molecule has 1 amide bonds. The molecule has 0 aliphatic carbocycles. The van der Waals surface area contributed by atoms with E-state index in [-0.39, 0.29) is 18.9 Å². The Hall–Kier alpha value is -1.96. The highest BCUT2D eigenvalue weighted by molar-refractivity contribution is 7.13. The van der Waals surface area contributed by atoms with Crippen LogP contribution >= 0.6 is 22.9 Å². The molecule has 1 aromatic heterocycles. The molecule has 1 fully saturated rings. The largest absolute Gasteiger partial charge is 0.481 e. The number of carbonyl (C=O) groups excluding carboxylic acids is 1. The van der Waals surface area contributed by atoms with E-state index in [0.29, 0.717) is 28.9 Å². The molecule has 2 aromatic rings. The van der Waals surface area contributed by atoms with Crippen molar-refractivity contribution < 1.29 is 19.4 Å². The Morgan fingerprint density at radius 3 is 2.96 bits per heavy atom. The lowest BCUT2D eigenvalue weighted by Crippen LogP contribution is -2.46. The lowest BCUT2D eigenvalue weighted by atomic mass is 10.2. The van der Waals surface area contributed by atoms with Crippen molar-refractivity contribution in [2.45, 2.75) is 12.5 Å². The summed E-state index contributed by atoms with van der Waals surface area (Å²) in [7, 11) is 0. The third-order valence-electron chi connectivity index (χ3n) is 3.66. The van der Waals surface area contributed by atoms with E-state index < -0.39 is 12.1 Å². The zero-order valence-corrected chi connectivity index (χ0v) is 14.2. The molecule has 1 unspecified atom stereocenters. The van der Waals surface area contributed by atoms with Gasteiger partial charge in [-0.05, 0) is 6.07 Å². The van der Waals surface area contributed by atoms with Gasteiger partial charge in [0.25, 0.3) is 5.91 Å². The van der Waals surface area contributed by atoms with E-state index in [1.807, 2.05) is 18.2 Å². The van der Waals surface area contributed by atoms with Crippen LogP contribution in [0.15, 0.2) is 29.6 Å². The second-order valence-electron chi connectivity index (χ2n) is 5.36. The van der Waals surface area contributed by atoms with Gasteiger partial charge in [0, 0.05) is 24.0 Å². The molecule has 126 valence electrons. The van der Waals surface area contributed by atoms with Crippen molar-refractivity contribution in [2.75, 3.05) is 19.7 Å². The molecule has 1 N–H and O–H groups in total. The molecule has 0 radical (unpaired) electrons. The average Bonchev–Trinajstić information content (AvgIpc) is 3.04. The molecular formula is C16H15ClN2O4S. The number of ether oxygens (including phenoxy) is 1. The van der Waals surface area contributed by atoms with Gasteiger partial charge in [-0.15, -0.1) is 11.3 Å². The number of aliphatic carboxylic acids is 1. The summed E-state index contributed by atoms with van der Waals surface area (Å²) in [4.78, 5) is 29.4. The van der Waals surface area contributed by atoms with Crippen molar-refractivity contribution in [3.8, 4) is 10.6 Å². The second-order valence-corrected chi connectivity index (χ2v) is 6.62. The van der Waals surface area contributed by atoms with E-state index in [2.05, 4.69) is 4.98 Å². The third-order valence-corrected chi connectivity index (χ3v) is 4.86. The summed E-state index contributed by atoms with van der Waals surface area (Å²) in [5.41, 5.74) is 1.12. The van der Waals surface area contributed by atoms with E-state index in [1.165, 1.54) is 11.3 Å². The molecule has 2 heterocycles.